The van der Waals surface area contributed by atoms with Crippen LogP contribution in [-0.4, -0.2) is 10.7 Å². The van der Waals surface area contributed by atoms with E-state index in [4.69, 9.17) is 0 Å². The van der Waals surface area contributed by atoms with Gasteiger partial charge in [-0.15, -0.1) is 0 Å². The molecule has 0 amide bonds. The molecular formula is C10H12F2O. The highest BCUT2D eigenvalue weighted by Crippen LogP contribution is 2.14. The minimum Gasteiger partial charge on any atom is -0.390 e. The summed E-state index contributed by atoms with van der Waals surface area (Å²) < 4.78 is 25.4. The summed E-state index contributed by atoms with van der Waals surface area (Å²) in [5.41, 5.74) is -0.481. The van der Waals surface area contributed by atoms with E-state index in [-0.39, 0.29) is 6.42 Å². The quantitative estimate of drug-likeness (QED) is 0.751. The van der Waals surface area contributed by atoms with Gasteiger partial charge >= 0.3 is 0 Å². The maximum absolute atomic E-state index is 12.7. The van der Waals surface area contributed by atoms with E-state index in [1.165, 1.54) is 12.1 Å². The molecule has 0 atom stereocenters. The molecule has 0 aromatic heterocycles. The zero-order valence-corrected chi connectivity index (χ0v) is 7.64. The van der Waals surface area contributed by atoms with Gasteiger partial charge in [0.05, 0.1) is 5.60 Å². The first-order chi connectivity index (χ1) is 5.87. The molecule has 72 valence electrons. The summed E-state index contributed by atoms with van der Waals surface area (Å²) in [6.45, 7) is 3.19. The van der Waals surface area contributed by atoms with Crippen molar-refractivity contribution in [3.63, 3.8) is 0 Å². The molecule has 0 saturated carbocycles. The lowest BCUT2D eigenvalue weighted by atomic mass is 9.99. The van der Waals surface area contributed by atoms with Gasteiger partial charge in [-0.3, -0.25) is 0 Å². The van der Waals surface area contributed by atoms with Crippen LogP contribution in [-0.2, 0) is 6.42 Å². The van der Waals surface area contributed by atoms with E-state index >= 15 is 0 Å². The van der Waals surface area contributed by atoms with Crippen molar-refractivity contribution < 1.29 is 13.9 Å². The maximum atomic E-state index is 12.7. The molecular weight excluding hydrogens is 174 g/mol. The van der Waals surface area contributed by atoms with Crippen LogP contribution in [0.2, 0.25) is 0 Å². The molecule has 1 nitrogen and oxygen atoms in total. The topological polar surface area (TPSA) is 20.2 Å². The van der Waals surface area contributed by atoms with Crippen molar-refractivity contribution in [2.45, 2.75) is 25.9 Å². The number of benzene rings is 1. The highest BCUT2D eigenvalue weighted by molar-refractivity contribution is 5.19. The summed E-state index contributed by atoms with van der Waals surface area (Å²) in [6, 6.07) is 3.26. The van der Waals surface area contributed by atoms with Crippen LogP contribution in [0.25, 0.3) is 0 Å². The van der Waals surface area contributed by atoms with Gasteiger partial charge in [0.1, 0.15) is 11.6 Å². The Kier molecular flexibility index (Phi) is 2.66. The van der Waals surface area contributed by atoms with Crippen molar-refractivity contribution in [1.82, 2.24) is 0 Å². The Bertz CT molecular complexity index is 282. The Morgan fingerprint density at radius 1 is 1.15 bits per heavy atom. The van der Waals surface area contributed by atoms with Crippen molar-refractivity contribution in [3.8, 4) is 0 Å². The van der Waals surface area contributed by atoms with Crippen molar-refractivity contribution in [2.75, 3.05) is 0 Å². The summed E-state index contributed by atoms with van der Waals surface area (Å²) in [4.78, 5) is 0. The summed E-state index contributed by atoms with van der Waals surface area (Å²) in [5, 5.41) is 9.41. The number of hydrogen-bond donors (Lipinski definition) is 1. The van der Waals surface area contributed by atoms with Crippen LogP contribution in [0.5, 0.6) is 0 Å². The van der Waals surface area contributed by atoms with E-state index in [9.17, 15) is 13.9 Å². The average Bonchev–Trinajstić information content (AvgIpc) is 1.78. The molecule has 0 bridgehead atoms. The maximum Gasteiger partial charge on any atom is 0.126 e. The zero-order valence-electron chi connectivity index (χ0n) is 7.64. The molecule has 0 fully saturated rings. The van der Waals surface area contributed by atoms with Gasteiger partial charge in [-0.25, -0.2) is 8.78 Å². The van der Waals surface area contributed by atoms with Gasteiger partial charge in [0.15, 0.2) is 0 Å². The van der Waals surface area contributed by atoms with E-state index in [1.54, 1.807) is 13.8 Å². The number of rotatable bonds is 2. The third-order valence-electron chi connectivity index (χ3n) is 1.56. The summed E-state index contributed by atoms with van der Waals surface area (Å²) in [5.74, 6) is -1.22. The minimum atomic E-state index is -0.944. The van der Waals surface area contributed by atoms with E-state index in [1.807, 2.05) is 0 Å². The van der Waals surface area contributed by atoms with Gasteiger partial charge in [-0.1, -0.05) is 0 Å². The standard InChI is InChI=1S/C10H12F2O/c1-10(2,13)6-7-3-8(11)5-9(12)4-7/h3-5,13H,6H2,1-2H3. The number of aliphatic hydroxyl groups is 1. The summed E-state index contributed by atoms with van der Waals surface area (Å²) >= 11 is 0. The average molecular weight is 186 g/mol. The third-order valence-corrected chi connectivity index (χ3v) is 1.56. The fourth-order valence-electron chi connectivity index (χ4n) is 1.21. The molecule has 0 heterocycles. The fourth-order valence-corrected chi connectivity index (χ4v) is 1.21. The fraction of sp³-hybridized carbons (Fsp3) is 0.400. The highest BCUT2D eigenvalue weighted by Gasteiger charge is 2.14. The number of halogens is 2. The van der Waals surface area contributed by atoms with Gasteiger partial charge in [0, 0.05) is 12.5 Å². The Balaban J connectivity index is 2.90. The molecule has 0 unspecified atom stereocenters. The minimum absolute atomic E-state index is 0.238. The molecule has 0 aliphatic heterocycles. The molecule has 0 aliphatic carbocycles. The Morgan fingerprint density at radius 3 is 2.00 bits per heavy atom. The van der Waals surface area contributed by atoms with Gasteiger partial charge in [-0.05, 0) is 31.5 Å². The van der Waals surface area contributed by atoms with Crippen LogP contribution in [0.15, 0.2) is 18.2 Å². The highest BCUT2D eigenvalue weighted by atomic mass is 19.1. The normalized spacial score (nSPS) is 11.8. The molecule has 13 heavy (non-hydrogen) atoms. The predicted molar refractivity (Wildman–Crippen MR) is 46.4 cm³/mol. The lowest BCUT2D eigenvalue weighted by Gasteiger charge is -2.16. The van der Waals surface area contributed by atoms with Crippen molar-refractivity contribution in [3.05, 3.63) is 35.4 Å². The Labute approximate surface area is 76.0 Å². The molecule has 0 aliphatic rings. The van der Waals surface area contributed by atoms with Crippen molar-refractivity contribution in [1.29, 1.82) is 0 Å². The second-order valence-electron chi connectivity index (χ2n) is 3.77. The third kappa shape index (κ3) is 3.51. The van der Waals surface area contributed by atoms with Crippen molar-refractivity contribution in [2.24, 2.45) is 0 Å². The molecule has 3 heteroatoms. The lowest BCUT2D eigenvalue weighted by Crippen LogP contribution is -2.21. The second-order valence-corrected chi connectivity index (χ2v) is 3.77. The first kappa shape index (κ1) is 10.1. The molecule has 0 saturated heterocycles. The molecule has 0 radical (unpaired) electrons. The Morgan fingerprint density at radius 2 is 1.62 bits per heavy atom. The first-order valence-corrected chi connectivity index (χ1v) is 4.04. The summed E-state index contributed by atoms with van der Waals surface area (Å²) in [7, 11) is 0. The van der Waals surface area contributed by atoms with E-state index < -0.39 is 17.2 Å². The molecule has 0 spiro atoms. The molecule has 1 N–H and O–H groups in total. The van der Waals surface area contributed by atoms with E-state index in [0.29, 0.717) is 5.56 Å². The van der Waals surface area contributed by atoms with Crippen LogP contribution in [0.3, 0.4) is 0 Å². The van der Waals surface area contributed by atoms with Gasteiger partial charge in [0.25, 0.3) is 0 Å². The molecule has 1 aromatic rings. The van der Waals surface area contributed by atoms with Crippen LogP contribution in [0.1, 0.15) is 19.4 Å². The van der Waals surface area contributed by atoms with E-state index in [0.717, 1.165) is 6.07 Å². The summed E-state index contributed by atoms with van der Waals surface area (Å²) in [6.07, 6.45) is 0.238. The predicted octanol–water partition coefficient (Wildman–Crippen LogP) is 2.28. The van der Waals surface area contributed by atoms with Crippen molar-refractivity contribution >= 4 is 0 Å². The van der Waals surface area contributed by atoms with Crippen LogP contribution < -0.4 is 0 Å². The smallest absolute Gasteiger partial charge is 0.126 e. The SMILES string of the molecule is CC(C)(O)Cc1cc(F)cc(F)c1. The molecule has 1 rings (SSSR count). The first-order valence-electron chi connectivity index (χ1n) is 4.04. The van der Waals surface area contributed by atoms with E-state index in [2.05, 4.69) is 0 Å². The Hall–Kier alpha value is -0.960. The van der Waals surface area contributed by atoms with Gasteiger partial charge in [0.2, 0.25) is 0 Å². The monoisotopic (exact) mass is 186 g/mol. The van der Waals surface area contributed by atoms with Gasteiger partial charge < -0.3 is 5.11 Å². The zero-order chi connectivity index (χ0) is 10.1. The van der Waals surface area contributed by atoms with Crippen LogP contribution in [0.4, 0.5) is 8.78 Å². The van der Waals surface area contributed by atoms with Crippen LogP contribution >= 0.6 is 0 Å². The molecule has 1 aromatic carbocycles. The van der Waals surface area contributed by atoms with Gasteiger partial charge in [-0.2, -0.15) is 0 Å². The van der Waals surface area contributed by atoms with Crippen LogP contribution in [0, 0.1) is 11.6 Å². The second kappa shape index (κ2) is 3.42. The largest absolute Gasteiger partial charge is 0.390 e. The lowest BCUT2D eigenvalue weighted by molar-refractivity contribution is 0.0809. The number of hydrogen-bond acceptors (Lipinski definition) is 1.